The summed E-state index contributed by atoms with van der Waals surface area (Å²) in [7, 11) is 0. The lowest BCUT2D eigenvalue weighted by molar-refractivity contribution is -0.115. The van der Waals surface area contributed by atoms with Crippen LogP contribution in [-0.2, 0) is 24.1 Å². The van der Waals surface area contributed by atoms with Crippen LogP contribution in [0.5, 0.6) is 0 Å². The van der Waals surface area contributed by atoms with E-state index >= 15 is 0 Å². The van der Waals surface area contributed by atoms with Crippen molar-refractivity contribution >= 4 is 22.5 Å². The summed E-state index contributed by atoms with van der Waals surface area (Å²) in [5, 5.41) is 5.41. The van der Waals surface area contributed by atoms with Crippen LogP contribution in [0.1, 0.15) is 60.5 Å². The van der Waals surface area contributed by atoms with Gasteiger partial charge in [0.05, 0.1) is 23.5 Å². The molecule has 0 radical (unpaired) electrons. The van der Waals surface area contributed by atoms with Crippen molar-refractivity contribution in [1.29, 1.82) is 0 Å². The third-order valence-corrected chi connectivity index (χ3v) is 7.38. The maximum atomic E-state index is 13.8. The smallest absolute Gasteiger partial charge is 0.229 e. The van der Waals surface area contributed by atoms with Crippen LogP contribution in [0.15, 0.2) is 60.7 Å². The molecule has 2 aliphatic carbocycles. The molecule has 1 heterocycles. The molecule has 1 fully saturated rings. The maximum Gasteiger partial charge on any atom is 0.229 e. The van der Waals surface area contributed by atoms with Crippen molar-refractivity contribution in [3.63, 3.8) is 0 Å². The fourth-order valence-electron chi connectivity index (χ4n) is 5.59. The number of hydrogen-bond acceptors (Lipinski definition) is 3. The Morgan fingerprint density at radius 2 is 1.74 bits per heavy atom. The number of fused-ring (bicyclic) bond motifs is 4. The van der Waals surface area contributed by atoms with Gasteiger partial charge in [-0.15, -0.1) is 0 Å². The zero-order valence-corrected chi connectivity index (χ0v) is 19.7. The maximum absolute atomic E-state index is 13.8. The second-order valence-electron chi connectivity index (χ2n) is 9.80. The Morgan fingerprint density at radius 1 is 0.914 bits per heavy atom. The minimum atomic E-state index is -0.217. The molecule has 5 heteroatoms. The Balaban J connectivity index is 1.33. The normalized spacial score (nSPS) is 15.5. The average Bonchev–Trinajstić information content (AvgIpc) is 2.88. The summed E-state index contributed by atoms with van der Waals surface area (Å²) in [6, 6.07) is 19.2. The first-order chi connectivity index (χ1) is 17.1. The van der Waals surface area contributed by atoms with Crippen LogP contribution in [0.4, 0.5) is 10.2 Å². The van der Waals surface area contributed by atoms with Gasteiger partial charge in [-0.2, -0.15) is 0 Å². The van der Waals surface area contributed by atoms with Gasteiger partial charge in [-0.3, -0.25) is 4.79 Å². The Hall–Kier alpha value is -3.60. The topological polar surface area (TPSA) is 54.9 Å². The van der Waals surface area contributed by atoms with Crippen LogP contribution in [0.3, 0.4) is 0 Å². The van der Waals surface area contributed by atoms with Gasteiger partial charge < -0.3 is 5.32 Å². The van der Waals surface area contributed by atoms with E-state index in [0.717, 1.165) is 76.6 Å². The molecular weight excluding hydrogens is 437 g/mol. The number of nitrogens with zero attached hydrogens (tertiary/aromatic N) is 2. The lowest BCUT2D eigenvalue weighted by Crippen LogP contribution is -2.21. The predicted molar refractivity (Wildman–Crippen MR) is 137 cm³/mol. The monoisotopic (exact) mass is 465 g/mol. The molecule has 1 N–H and O–H groups in total. The lowest BCUT2D eigenvalue weighted by atomic mass is 9.85. The number of aryl methyl sites for hydroxylation is 2. The van der Waals surface area contributed by atoms with Crippen molar-refractivity contribution in [3.8, 4) is 11.3 Å². The number of hydrogen-bond donors (Lipinski definition) is 1. The quantitative estimate of drug-likeness (QED) is 0.362. The number of amides is 1. The molecule has 2 aliphatic rings. The highest BCUT2D eigenvalue weighted by atomic mass is 19.1. The van der Waals surface area contributed by atoms with Crippen molar-refractivity contribution in [1.82, 2.24) is 9.97 Å². The Kier molecular flexibility index (Phi) is 5.77. The van der Waals surface area contributed by atoms with Crippen molar-refractivity contribution in [2.24, 2.45) is 0 Å². The van der Waals surface area contributed by atoms with E-state index in [1.807, 2.05) is 24.3 Å². The zero-order chi connectivity index (χ0) is 23.8. The molecule has 0 saturated heterocycles. The predicted octanol–water partition coefficient (Wildman–Crippen LogP) is 6.76. The minimum absolute atomic E-state index is 0.0788. The summed E-state index contributed by atoms with van der Waals surface area (Å²) in [6.07, 6.45) is 7.37. The number of halogens is 1. The Morgan fingerprint density at radius 3 is 2.60 bits per heavy atom. The lowest BCUT2D eigenvalue weighted by Gasteiger charge is -2.26. The zero-order valence-electron chi connectivity index (χ0n) is 19.7. The van der Waals surface area contributed by atoms with Gasteiger partial charge in [0.25, 0.3) is 0 Å². The summed E-state index contributed by atoms with van der Waals surface area (Å²) in [6.45, 7) is 0. The second-order valence-corrected chi connectivity index (χ2v) is 9.80. The number of nitrogens with one attached hydrogen (secondary N) is 1. The van der Waals surface area contributed by atoms with Crippen LogP contribution in [-0.4, -0.2) is 15.9 Å². The Labute approximate surface area is 204 Å². The van der Waals surface area contributed by atoms with Gasteiger partial charge in [-0.1, -0.05) is 61.7 Å². The van der Waals surface area contributed by atoms with Gasteiger partial charge in [0.2, 0.25) is 5.91 Å². The number of carbonyl (C=O) groups excluding carboxylic acids is 1. The van der Waals surface area contributed by atoms with Crippen molar-refractivity contribution in [2.45, 2.75) is 57.3 Å². The van der Waals surface area contributed by atoms with E-state index in [1.54, 1.807) is 6.07 Å². The largest absolute Gasteiger partial charge is 0.309 e. The highest BCUT2D eigenvalue weighted by Gasteiger charge is 2.27. The summed E-state index contributed by atoms with van der Waals surface area (Å²) in [5.74, 6) is 0.588. The standard InChI is InChI=1S/C30H28FN3O/c31-24-13-14-25-23(18-24)12-15-26-29(25)34-28(21-7-2-1-3-8-21)30(32-26)33-27(35)17-19-10-11-20-6-4-5-9-22(20)16-19/h4-6,9-11,13-14,16,18,21H,1-3,7-8,12,15,17H2,(H,32,33,35). The molecule has 4 nitrogen and oxygen atoms in total. The minimum Gasteiger partial charge on any atom is -0.309 e. The number of anilines is 1. The first-order valence-corrected chi connectivity index (χ1v) is 12.6. The molecule has 1 amide bonds. The average molecular weight is 466 g/mol. The number of rotatable bonds is 4. The van der Waals surface area contributed by atoms with E-state index in [9.17, 15) is 9.18 Å². The number of benzene rings is 3. The molecule has 0 unspecified atom stereocenters. The molecule has 6 rings (SSSR count). The highest BCUT2D eigenvalue weighted by Crippen LogP contribution is 2.39. The molecule has 1 aromatic heterocycles. The molecule has 0 spiro atoms. The molecular formula is C30H28FN3O. The molecule has 4 aromatic rings. The molecule has 0 aliphatic heterocycles. The molecule has 1 saturated carbocycles. The van der Waals surface area contributed by atoms with E-state index in [0.29, 0.717) is 12.2 Å². The van der Waals surface area contributed by atoms with Crippen LogP contribution < -0.4 is 5.32 Å². The highest BCUT2D eigenvalue weighted by molar-refractivity contribution is 5.93. The molecule has 0 atom stereocenters. The van der Waals surface area contributed by atoms with E-state index in [4.69, 9.17) is 9.97 Å². The van der Waals surface area contributed by atoms with Gasteiger partial charge in [0.15, 0.2) is 5.82 Å². The summed E-state index contributed by atoms with van der Waals surface area (Å²) >= 11 is 0. The second kappa shape index (κ2) is 9.21. The van der Waals surface area contributed by atoms with Gasteiger partial charge >= 0.3 is 0 Å². The van der Waals surface area contributed by atoms with Crippen molar-refractivity contribution in [2.75, 3.05) is 5.32 Å². The fourth-order valence-corrected chi connectivity index (χ4v) is 5.59. The molecule has 176 valence electrons. The Bertz CT molecular complexity index is 1420. The van der Waals surface area contributed by atoms with Crippen LogP contribution in [0.25, 0.3) is 22.0 Å². The van der Waals surface area contributed by atoms with Gasteiger partial charge in [0.1, 0.15) is 5.82 Å². The van der Waals surface area contributed by atoms with Gasteiger partial charge in [-0.25, -0.2) is 14.4 Å². The summed E-state index contributed by atoms with van der Waals surface area (Å²) in [5.41, 5.74) is 5.53. The third kappa shape index (κ3) is 4.43. The molecule has 3 aromatic carbocycles. The first kappa shape index (κ1) is 21.9. The summed E-state index contributed by atoms with van der Waals surface area (Å²) in [4.78, 5) is 23.2. The van der Waals surface area contributed by atoms with E-state index in [-0.39, 0.29) is 24.1 Å². The van der Waals surface area contributed by atoms with E-state index < -0.39 is 0 Å². The SMILES string of the molecule is O=C(Cc1ccc2ccccc2c1)Nc1nc2c(nc1C1CCCCC1)-c1ccc(F)cc1CC2. The van der Waals surface area contributed by atoms with Crippen LogP contribution in [0.2, 0.25) is 0 Å². The van der Waals surface area contributed by atoms with Crippen molar-refractivity contribution < 1.29 is 9.18 Å². The number of aromatic nitrogens is 2. The third-order valence-electron chi connectivity index (χ3n) is 7.38. The van der Waals surface area contributed by atoms with E-state index in [1.165, 1.54) is 12.5 Å². The summed E-state index contributed by atoms with van der Waals surface area (Å²) < 4.78 is 13.8. The van der Waals surface area contributed by atoms with Crippen LogP contribution in [0, 0.1) is 5.82 Å². The van der Waals surface area contributed by atoms with Gasteiger partial charge in [0, 0.05) is 11.5 Å². The van der Waals surface area contributed by atoms with Crippen molar-refractivity contribution in [3.05, 3.63) is 89.0 Å². The van der Waals surface area contributed by atoms with Crippen LogP contribution >= 0.6 is 0 Å². The molecule has 35 heavy (non-hydrogen) atoms. The van der Waals surface area contributed by atoms with E-state index in [2.05, 4.69) is 29.6 Å². The number of carbonyl (C=O) groups is 1. The molecule has 0 bridgehead atoms. The van der Waals surface area contributed by atoms with Gasteiger partial charge in [-0.05, 0) is 65.8 Å². The first-order valence-electron chi connectivity index (χ1n) is 12.6. The fraction of sp³-hybridized carbons (Fsp3) is 0.300.